The molecule has 2 atom stereocenters. The zero-order valence-electron chi connectivity index (χ0n) is 31.9. The molecule has 0 saturated heterocycles. The van der Waals surface area contributed by atoms with E-state index in [1.807, 2.05) is 30.7 Å². The summed E-state index contributed by atoms with van der Waals surface area (Å²) >= 11 is 0. The zero-order valence-corrected chi connectivity index (χ0v) is 34.2. The van der Waals surface area contributed by atoms with E-state index in [0.717, 1.165) is 44.3 Å². The second-order valence-electron chi connectivity index (χ2n) is 17.3. The standard InChI is InChI=1S/C45H46N4O2.Pt/c1-27-20-28(40-48-44(10)35-17-18-46-26-36(35)43(8,9)45(44,11)51-40)22-32(21-27)50-31-13-14-33-34-23-29(41(2,3)4)12-15-37(34)49(38(33)25-31)39-24-30(16-19-47-39)42(5,6)7;/h12-21,23-24,26H,1-11H3;/q-2;+2/t44-,45+;/m1./s1. The quantitative estimate of drug-likeness (QED) is 0.166. The molecule has 0 radical (unpaired) electrons. The summed E-state index contributed by atoms with van der Waals surface area (Å²) in [5, 5.41) is 2.26. The average molecular weight is 870 g/mol. The van der Waals surface area contributed by atoms with Crippen molar-refractivity contribution in [2.75, 3.05) is 0 Å². The molecular formula is C45H46N4O2Pt. The molecule has 0 spiro atoms. The van der Waals surface area contributed by atoms with Crippen molar-refractivity contribution in [3.63, 3.8) is 0 Å². The maximum Gasteiger partial charge on any atom is 2.00 e. The van der Waals surface area contributed by atoms with Crippen LogP contribution in [0.4, 0.5) is 0 Å². The first-order chi connectivity index (χ1) is 23.9. The summed E-state index contributed by atoms with van der Waals surface area (Å²) in [6, 6.07) is 28.4. The summed E-state index contributed by atoms with van der Waals surface area (Å²) < 4.78 is 15.7. The number of hydrogen-bond donors (Lipinski definition) is 0. The molecule has 1 aliphatic carbocycles. The second-order valence-corrected chi connectivity index (χ2v) is 17.3. The Hall–Kier alpha value is -4.28. The second kappa shape index (κ2) is 11.9. The molecule has 0 saturated carbocycles. The molecule has 0 bridgehead atoms. The molecule has 0 N–H and O–H groups in total. The minimum absolute atomic E-state index is 0. The van der Waals surface area contributed by atoms with Gasteiger partial charge in [-0.05, 0) is 76.6 Å². The molecule has 3 aromatic carbocycles. The number of aryl methyl sites for hydroxylation is 1. The Balaban J connectivity index is 0.00000420. The van der Waals surface area contributed by atoms with Crippen molar-refractivity contribution in [3.05, 3.63) is 125 Å². The molecule has 52 heavy (non-hydrogen) atoms. The minimum atomic E-state index is -0.600. The van der Waals surface area contributed by atoms with Crippen LogP contribution in [0.15, 0.2) is 84.2 Å². The predicted octanol–water partition coefficient (Wildman–Crippen LogP) is 10.6. The molecule has 0 amide bonds. The van der Waals surface area contributed by atoms with Gasteiger partial charge in [-0.25, -0.2) is 4.98 Å². The number of pyridine rings is 2. The van der Waals surface area contributed by atoms with E-state index in [0.29, 0.717) is 17.4 Å². The third-order valence-electron chi connectivity index (χ3n) is 11.6. The molecule has 0 fully saturated rings. The summed E-state index contributed by atoms with van der Waals surface area (Å²) in [5.74, 6) is 2.60. The first-order valence-corrected chi connectivity index (χ1v) is 17.8. The van der Waals surface area contributed by atoms with Crippen LogP contribution in [0.2, 0.25) is 0 Å². The smallest absolute Gasteiger partial charge is 0.510 e. The normalized spacial score (nSPS) is 20.6. The summed E-state index contributed by atoms with van der Waals surface area (Å²) in [6.07, 6.45) is 5.71. The van der Waals surface area contributed by atoms with Gasteiger partial charge in [0.1, 0.15) is 22.9 Å². The summed E-state index contributed by atoms with van der Waals surface area (Å²) in [6.45, 7) is 24.2. The molecule has 8 rings (SSSR count). The van der Waals surface area contributed by atoms with Crippen molar-refractivity contribution in [3.8, 4) is 17.3 Å². The van der Waals surface area contributed by atoms with E-state index in [1.165, 1.54) is 16.7 Å². The Kier molecular flexibility index (Phi) is 8.24. The van der Waals surface area contributed by atoms with Crippen LogP contribution in [0.25, 0.3) is 27.6 Å². The van der Waals surface area contributed by atoms with E-state index in [-0.39, 0.29) is 37.3 Å². The molecule has 3 aromatic heterocycles. The van der Waals surface area contributed by atoms with Crippen LogP contribution in [0, 0.1) is 19.1 Å². The zero-order chi connectivity index (χ0) is 36.3. The molecule has 268 valence electrons. The minimum Gasteiger partial charge on any atom is -0.510 e. The van der Waals surface area contributed by atoms with E-state index in [2.05, 4.69) is 146 Å². The van der Waals surface area contributed by atoms with Gasteiger partial charge in [0.25, 0.3) is 0 Å². The Labute approximate surface area is 322 Å². The van der Waals surface area contributed by atoms with Crippen molar-refractivity contribution >= 4 is 27.7 Å². The summed E-state index contributed by atoms with van der Waals surface area (Å²) in [7, 11) is 0. The van der Waals surface area contributed by atoms with Gasteiger partial charge in [0, 0.05) is 41.0 Å². The predicted molar refractivity (Wildman–Crippen MR) is 206 cm³/mol. The van der Waals surface area contributed by atoms with Crippen molar-refractivity contribution in [2.24, 2.45) is 4.99 Å². The van der Waals surface area contributed by atoms with Gasteiger partial charge in [-0.2, -0.15) is 6.07 Å². The van der Waals surface area contributed by atoms with Crippen molar-refractivity contribution < 1.29 is 30.5 Å². The molecule has 1 aliphatic heterocycles. The average Bonchev–Trinajstić information content (AvgIpc) is 3.59. The Bertz CT molecular complexity index is 2430. The van der Waals surface area contributed by atoms with Gasteiger partial charge in [-0.1, -0.05) is 97.7 Å². The van der Waals surface area contributed by atoms with Crippen LogP contribution in [0.3, 0.4) is 0 Å². The number of aliphatic imine (C=N–C) groups is 1. The third-order valence-corrected chi connectivity index (χ3v) is 11.6. The molecule has 2 aliphatic rings. The monoisotopic (exact) mass is 869 g/mol. The molecule has 7 heteroatoms. The van der Waals surface area contributed by atoms with Gasteiger partial charge >= 0.3 is 21.1 Å². The van der Waals surface area contributed by atoms with E-state index in [4.69, 9.17) is 19.5 Å². The first-order valence-electron chi connectivity index (χ1n) is 17.8. The van der Waals surface area contributed by atoms with Crippen molar-refractivity contribution in [1.82, 2.24) is 14.5 Å². The van der Waals surface area contributed by atoms with E-state index in [1.54, 1.807) is 0 Å². The SMILES string of the molecule is Cc1cc(Oc2[c-]c3c(cc2)c2cc(C(C)(C)C)ccc2n3-c2cc(C(C)(C)C)ccn2)[c-]c(C2=N[C@]3(C)c4ccncc4C(C)(C)[C@]3(C)O2)c1.[Pt+2]. The number of hydrogen-bond acceptors (Lipinski definition) is 5. The number of ether oxygens (including phenoxy) is 2. The fourth-order valence-electron chi connectivity index (χ4n) is 8.03. The Morgan fingerprint density at radius 3 is 2.21 bits per heavy atom. The summed E-state index contributed by atoms with van der Waals surface area (Å²) in [4.78, 5) is 14.6. The van der Waals surface area contributed by atoms with Crippen LogP contribution in [-0.2, 0) is 47.6 Å². The number of aromatic nitrogens is 3. The summed E-state index contributed by atoms with van der Waals surface area (Å²) in [5.41, 5.74) is 7.11. The van der Waals surface area contributed by atoms with Crippen LogP contribution in [-0.4, -0.2) is 26.0 Å². The van der Waals surface area contributed by atoms with Gasteiger partial charge in [-0.15, -0.1) is 29.1 Å². The van der Waals surface area contributed by atoms with Gasteiger partial charge < -0.3 is 14.0 Å². The fraction of sp³-hybridized carbons (Fsp3) is 0.356. The van der Waals surface area contributed by atoms with E-state index in [9.17, 15) is 0 Å². The topological polar surface area (TPSA) is 61.5 Å². The van der Waals surface area contributed by atoms with Gasteiger partial charge in [0.05, 0.1) is 0 Å². The third kappa shape index (κ3) is 5.35. The van der Waals surface area contributed by atoms with Gasteiger partial charge in [0.2, 0.25) is 0 Å². The Morgan fingerprint density at radius 2 is 1.48 bits per heavy atom. The number of fused-ring (bicyclic) bond motifs is 6. The van der Waals surface area contributed by atoms with Crippen LogP contribution in [0.1, 0.15) is 103 Å². The molecule has 0 unspecified atom stereocenters. The van der Waals surface area contributed by atoms with Crippen LogP contribution < -0.4 is 4.74 Å². The van der Waals surface area contributed by atoms with Crippen molar-refractivity contribution in [1.29, 1.82) is 0 Å². The number of nitrogens with zero attached hydrogens (tertiary/aromatic N) is 4. The Morgan fingerprint density at radius 1 is 0.750 bits per heavy atom. The molecule has 4 heterocycles. The van der Waals surface area contributed by atoms with E-state index >= 15 is 0 Å². The van der Waals surface area contributed by atoms with Crippen LogP contribution in [0.5, 0.6) is 11.5 Å². The van der Waals surface area contributed by atoms with Gasteiger partial charge in [-0.3, -0.25) is 9.98 Å². The van der Waals surface area contributed by atoms with E-state index < -0.39 is 11.1 Å². The molecule has 6 aromatic rings. The molecule has 6 nitrogen and oxygen atoms in total. The van der Waals surface area contributed by atoms with Crippen molar-refractivity contribution in [2.45, 2.75) is 104 Å². The fourth-order valence-corrected chi connectivity index (χ4v) is 8.03. The van der Waals surface area contributed by atoms with Crippen LogP contribution >= 0.6 is 0 Å². The number of benzene rings is 3. The maximum absolute atomic E-state index is 6.86. The van der Waals surface area contributed by atoms with Gasteiger partial charge in [0.15, 0.2) is 0 Å². The maximum atomic E-state index is 6.86. The first kappa shape index (κ1) is 36.1. The number of rotatable bonds is 4. The molecular weight excluding hydrogens is 824 g/mol. The largest absolute Gasteiger partial charge is 2.00 e.